The minimum atomic E-state index is -0.250. The second-order valence-corrected chi connectivity index (χ2v) is 2.87. The van der Waals surface area contributed by atoms with Gasteiger partial charge in [-0.25, -0.2) is 0 Å². The van der Waals surface area contributed by atoms with Crippen LogP contribution in [0.1, 0.15) is 11.7 Å². The number of hydrogen-bond acceptors (Lipinski definition) is 4. The Hall–Kier alpha value is -1.26. The normalized spacial score (nSPS) is 12.3. The molecule has 0 spiro atoms. The highest BCUT2D eigenvalue weighted by molar-refractivity contribution is 5.41. The molecule has 14 heavy (non-hydrogen) atoms. The Kier molecular flexibility index (Phi) is 3.73. The van der Waals surface area contributed by atoms with Crippen molar-refractivity contribution in [3.8, 4) is 11.5 Å². The second kappa shape index (κ2) is 4.83. The van der Waals surface area contributed by atoms with Crippen LogP contribution in [0.3, 0.4) is 0 Å². The van der Waals surface area contributed by atoms with E-state index in [-0.39, 0.29) is 6.17 Å². The topological polar surface area (TPSA) is 56.5 Å². The lowest BCUT2D eigenvalue weighted by Gasteiger charge is -2.15. The Labute approximate surface area is 84.0 Å². The summed E-state index contributed by atoms with van der Waals surface area (Å²) in [6.07, 6.45) is -0.250. The van der Waals surface area contributed by atoms with Gasteiger partial charge in [0, 0.05) is 5.56 Å². The molecular weight excluding hydrogens is 180 g/mol. The molecular formula is C10H16N2O2. The van der Waals surface area contributed by atoms with Gasteiger partial charge in [0.05, 0.1) is 20.4 Å². The minimum Gasteiger partial charge on any atom is -0.497 e. The zero-order chi connectivity index (χ0) is 10.6. The van der Waals surface area contributed by atoms with Crippen LogP contribution in [0.4, 0.5) is 0 Å². The first-order valence-electron chi connectivity index (χ1n) is 4.37. The van der Waals surface area contributed by atoms with E-state index in [4.69, 9.17) is 15.2 Å². The minimum absolute atomic E-state index is 0.250. The van der Waals surface area contributed by atoms with Crippen LogP contribution in [-0.2, 0) is 0 Å². The molecule has 1 rings (SSSR count). The summed E-state index contributed by atoms with van der Waals surface area (Å²) in [7, 11) is 5.04. The summed E-state index contributed by atoms with van der Waals surface area (Å²) in [6.45, 7) is 0. The molecule has 0 amide bonds. The fraction of sp³-hybridized carbons (Fsp3) is 0.400. The fourth-order valence-corrected chi connectivity index (χ4v) is 1.24. The van der Waals surface area contributed by atoms with Gasteiger partial charge in [-0.15, -0.1) is 0 Å². The SMILES string of the molecule is CNC(N)c1cc(OC)ccc1OC. The lowest BCUT2D eigenvalue weighted by Crippen LogP contribution is -2.25. The molecule has 0 saturated heterocycles. The van der Waals surface area contributed by atoms with E-state index in [0.717, 1.165) is 17.1 Å². The van der Waals surface area contributed by atoms with Gasteiger partial charge < -0.3 is 20.5 Å². The summed E-state index contributed by atoms with van der Waals surface area (Å²) in [6, 6.07) is 5.54. The summed E-state index contributed by atoms with van der Waals surface area (Å²) in [5.74, 6) is 1.53. The first kappa shape index (κ1) is 10.8. The van der Waals surface area contributed by atoms with Gasteiger partial charge in [-0.05, 0) is 25.2 Å². The summed E-state index contributed by atoms with van der Waals surface area (Å²) in [4.78, 5) is 0. The van der Waals surface area contributed by atoms with E-state index >= 15 is 0 Å². The predicted molar refractivity (Wildman–Crippen MR) is 55.5 cm³/mol. The lowest BCUT2D eigenvalue weighted by atomic mass is 10.1. The highest BCUT2D eigenvalue weighted by Crippen LogP contribution is 2.26. The maximum absolute atomic E-state index is 5.85. The highest BCUT2D eigenvalue weighted by Gasteiger charge is 2.10. The molecule has 0 saturated carbocycles. The van der Waals surface area contributed by atoms with Crippen LogP contribution < -0.4 is 20.5 Å². The number of benzene rings is 1. The van der Waals surface area contributed by atoms with Gasteiger partial charge >= 0.3 is 0 Å². The Balaban J connectivity index is 3.08. The van der Waals surface area contributed by atoms with Crippen LogP contribution >= 0.6 is 0 Å². The lowest BCUT2D eigenvalue weighted by molar-refractivity contribution is 0.392. The van der Waals surface area contributed by atoms with Gasteiger partial charge in [-0.1, -0.05) is 0 Å². The van der Waals surface area contributed by atoms with Gasteiger partial charge in [0.2, 0.25) is 0 Å². The smallest absolute Gasteiger partial charge is 0.125 e. The summed E-state index contributed by atoms with van der Waals surface area (Å²) < 4.78 is 10.3. The average Bonchev–Trinajstić information content (AvgIpc) is 2.27. The largest absolute Gasteiger partial charge is 0.497 e. The third-order valence-corrected chi connectivity index (χ3v) is 2.08. The maximum atomic E-state index is 5.85. The van der Waals surface area contributed by atoms with E-state index in [2.05, 4.69) is 5.32 Å². The van der Waals surface area contributed by atoms with Crippen LogP contribution in [0.25, 0.3) is 0 Å². The quantitative estimate of drug-likeness (QED) is 0.702. The second-order valence-electron chi connectivity index (χ2n) is 2.87. The molecule has 3 N–H and O–H groups in total. The van der Waals surface area contributed by atoms with Crippen LogP contribution in [0.5, 0.6) is 11.5 Å². The molecule has 0 aromatic heterocycles. The van der Waals surface area contributed by atoms with Crippen molar-refractivity contribution in [1.82, 2.24) is 5.32 Å². The van der Waals surface area contributed by atoms with E-state index in [9.17, 15) is 0 Å². The van der Waals surface area contributed by atoms with Crippen LogP contribution in [0.15, 0.2) is 18.2 Å². The van der Waals surface area contributed by atoms with Crippen molar-refractivity contribution in [2.45, 2.75) is 6.17 Å². The monoisotopic (exact) mass is 196 g/mol. The molecule has 1 unspecified atom stereocenters. The Morgan fingerprint density at radius 2 is 2.00 bits per heavy atom. The summed E-state index contributed by atoms with van der Waals surface area (Å²) >= 11 is 0. The van der Waals surface area contributed by atoms with Crippen molar-refractivity contribution >= 4 is 0 Å². The molecule has 78 valence electrons. The standard InChI is InChI=1S/C10H16N2O2/c1-12-10(11)8-6-7(13-2)4-5-9(8)14-3/h4-6,10,12H,11H2,1-3H3. The molecule has 0 aliphatic rings. The average molecular weight is 196 g/mol. The molecule has 1 aromatic rings. The Morgan fingerprint density at radius 3 is 2.50 bits per heavy atom. The molecule has 1 aromatic carbocycles. The maximum Gasteiger partial charge on any atom is 0.125 e. The summed E-state index contributed by atoms with van der Waals surface area (Å²) in [5, 5.41) is 2.95. The van der Waals surface area contributed by atoms with Crippen molar-refractivity contribution < 1.29 is 9.47 Å². The first-order valence-corrected chi connectivity index (χ1v) is 4.37. The molecule has 0 aliphatic heterocycles. The number of rotatable bonds is 4. The number of nitrogens with one attached hydrogen (secondary N) is 1. The third-order valence-electron chi connectivity index (χ3n) is 2.08. The Morgan fingerprint density at radius 1 is 1.29 bits per heavy atom. The van der Waals surface area contributed by atoms with Crippen molar-refractivity contribution in [1.29, 1.82) is 0 Å². The van der Waals surface area contributed by atoms with Gasteiger partial charge in [-0.2, -0.15) is 0 Å². The van der Waals surface area contributed by atoms with E-state index in [1.807, 2.05) is 18.2 Å². The number of nitrogens with two attached hydrogens (primary N) is 1. The van der Waals surface area contributed by atoms with E-state index in [1.54, 1.807) is 21.3 Å². The molecule has 0 aliphatic carbocycles. The zero-order valence-corrected chi connectivity index (χ0v) is 8.70. The van der Waals surface area contributed by atoms with Crippen LogP contribution in [-0.4, -0.2) is 21.3 Å². The van der Waals surface area contributed by atoms with Gasteiger partial charge in [0.1, 0.15) is 11.5 Å². The van der Waals surface area contributed by atoms with Gasteiger partial charge in [0.25, 0.3) is 0 Å². The zero-order valence-electron chi connectivity index (χ0n) is 8.70. The van der Waals surface area contributed by atoms with Crippen LogP contribution in [0, 0.1) is 0 Å². The number of hydrogen-bond donors (Lipinski definition) is 2. The number of methoxy groups -OCH3 is 2. The molecule has 1 atom stereocenters. The molecule has 4 nitrogen and oxygen atoms in total. The molecule has 0 heterocycles. The Bertz CT molecular complexity index is 302. The third kappa shape index (κ3) is 2.16. The van der Waals surface area contributed by atoms with Crippen molar-refractivity contribution in [2.75, 3.05) is 21.3 Å². The van der Waals surface area contributed by atoms with Crippen molar-refractivity contribution in [3.63, 3.8) is 0 Å². The summed E-state index contributed by atoms with van der Waals surface area (Å²) in [5.41, 5.74) is 6.73. The van der Waals surface area contributed by atoms with Gasteiger partial charge in [0.15, 0.2) is 0 Å². The molecule has 0 fully saturated rings. The van der Waals surface area contributed by atoms with E-state index in [0.29, 0.717) is 0 Å². The van der Waals surface area contributed by atoms with E-state index in [1.165, 1.54) is 0 Å². The first-order chi connectivity index (χ1) is 6.72. The predicted octanol–water partition coefficient (Wildman–Crippen LogP) is 0.880. The number of ether oxygens (including phenoxy) is 2. The van der Waals surface area contributed by atoms with E-state index < -0.39 is 0 Å². The van der Waals surface area contributed by atoms with Crippen molar-refractivity contribution in [3.05, 3.63) is 23.8 Å². The van der Waals surface area contributed by atoms with Gasteiger partial charge in [-0.3, -0.25) is 0 Å². The van der Waals surface area contributed by atoms with Crippen LogP contribution in [0.2, 0.25) is 0 Å². The fourth-order valence-electron chi connectivity index (χ4n) is 1.24. The van der Waals surface area contributed by atoms with Crippen molar-refractivity contribution in [2.24, 2.45) is 5.73 Å². The molecule has 4 heteroatoms. The molecule has 0 radical (unpaired) electrons. The highest BCUT2D eigenvalue weighted by atomic mass is 16.5. The molecule has 0 bridgehead atoms.